The van der Waals surface area contributed by atoms with E-state index in [-0.39, 0.29) is 6.10 Å². The quantitative estimate of drug-likeness (QED) is 0.904. The van der Waals surface area contributed by atoms with Crippen molar-refractivity contribution in [3.63, 3.8) is 0 Å². The number of hydrogen-bond acceptors (Lipinski definition) is 2. The summed E-state index contributed by atoms with van der Waals surface area (Å²) in [7, 11) is 0. The normalized spacial score (nSPS) is 17.1. The van der Waals surface area contributed by atoms with Crippen LogP contribution >= 0.6 is 11.6 Å². The standard InChI is InChI=1S/C16H16ClNO/c1-10-6-13-7-12(3-5-16(13)19-10)11-2-4-15(17)14(8-11)9-18/h2-5,7-8,10H,6,9,18H2,1H3. The summed E-state index contributed by atoms with van der Waals surface area (Å²) < 4.78 is 5.72. The van der Waals surface area contributed by atoms with Gasteiger partial charge in [-0.15, -0.1) is 0 Å². The number of fused-ring (bicyclic) bond motifs is 1. The van der Waals surface area contributed by atoms with E-state index in [9.17, 15) is 0 Å². The third kappa shape index (κ3) is 2.34. The monoisotopic (exact) mass is 273 g/mol. The summed E-state index contributed by atoms with van der Waals surface area (Å²) in [4.78, 5) is 0. The van der Waals surface area contributed by atoms with Crippen LogP contribution < -0.4 is 10.5 Å². The van der Waals surface area contributed by atoms with Crippen LogP contribution in [0.15, 0.2) is 36.4 Å². The molecule has 0 bridgehead atoms. The summed E-state index contributed by atoms with van der Waals surface area (Å²) in [5.74, 6) is 1.00. The van der Waals surface area contributed by atoms with Crippen LogP contribution in [0.2, 0.25) is 5.02 Å². The minimum Gasteiger partial charge on any atom is -0.490 e. The third-order valence-corrected chi connectivity index (χ3v) is 3.86. The molecule has 2 nitrogen and oxygen atoms in total. The van der Waals surface area contributed by atoms with Crippen LogP contribution in [0.5, 0.6) is 5.75 Å². The van der Waals surface area contributed by atoms with Crippen LogP contribution in [-0.4, -0.2) is 6.10 Å². The maximum atomic E-state index is 6.10. The van der Waals surface area contributed by atoms with Gasteiger partial charge in [0.15, 0.2) is 0 Å². The minimum atomic E-state index is 0.273. The van der Waals surface area contributed by atoms with Crippen molar-refractivity contribution in [3.8, 4) is 16.9 Å². The van der Waals surface area contributed by atoms with Gasteiger partial charge in [-0.25, -0.2) is 0 Å². The zero-order valence-corrected chi connectivity index (χ0v) is 11.6. The van der Waals surface area contributed by atoms with Crippen molar-refractivity contribution in [1.82, 2.24) is 0 Å². The molecule has 3 heteroatoms. The second-order valence-corrected chi connectivity index (χ2v) is 5.37. The highest BCUT2D eigenvalue weighted by Gasteiger charge is 2.19. The molecule has 2 aromatic rings. The predicted molar refractivity (Wildman–Crippen MR) is 78.6 cm³/mol. The lowest BCUT2D eigenvalue weighted by Crippen LogP contribution is -2.05. The number of benzene rings is 2. The molecule has 2 N–H and O–H groups in total. The minimum absolute atomic E-state index is 0.273. The molecule has 1 aliphatic rings. The van der Waals surface area contributed by atoms with Crippen molar-refractivity contribution in [1.29, 1.82) is 0 Å². The lowest BCUT2D eigenvalue weighted by atomic mass is 9.99. The van der Waals surface area contributed by atoms with Gasteiger partial charge in [-0.1, -0.05) is 23.7 Å². The van der Waals surface area contributed by atoms with Crippen molar-refractivity contribution in [2.45, 2.75) is 26.0 Å². The van der Waals surface area contributed by atoms with E-state index in [0.29, 0.717) is 6.54 Å². The van der Waals surface area contributed by atoms with E-state index in [1.54, 1.807) is 0 Å². The van der Waals surface area contributed by atoms with Gasteiger partial charge in [-0.05, 0) is 53.4 Å². The zero-order valence-electron chi connectivity index (χ0n) is 10.8. The van der Waals surface area contributed by atoms with Gasteiger partial charge in [0.05, 0.1) is 0 Å². The molecule has 0 spiro atoms. The summed E-state index contributed by atoms with van der Waals surface area (Å²) in [6, 6.07) is 12.3. The molecule has 98 valence electrons. The number of rotatable bonds is 2. The first kappa shape index (κ1) is 12.5. The maximum absolute atomic E-state index is 6.10. The third-order valence-electron chi connectivity index (χ3n) is 3.49. The molecule has 0 fully saturated rings. The molecule has 1 atom stereocenters. The van der Waals surface area contributed by atoms with Crippen LogP contribution in [0, 0.1) is 0 Å². The van der Waals surface area contributed by atoms with Gasteiger partial charge >= 0.3 is 0 Å². The Labute approximate surface area is 118 Å². The number of hydrogen-bond donors (Lipinski definition) is 1. The molecule has 1 aliphatic heterocycles. The Balaban J connectivity index is 2.01. The lowest BCUT2D eigenvalue weighted by molar-refractivity contribution is 0.254. The van der Waals surface area contributed by atoms with E-state index in [1.807, 2.05) is 18.2 Å². The highest BCUT2D eigenvalue weighted by molar-refractivity contribution is 6.31. The summed E-state index contributed by atoms with van der Waals surface area (Å²) >= 11 is 6.10. The van der Waals surface area contributed by atoms with E-state index in [2.05, 4.69) is 25.1 Å². The Morgan fingerprint density at radius 1 is 1.21 bits per heavy atom. The number of halogens is 1. The summed E-state index contributed by atoms with van der Waals surface area (Å²) in [5, 5.41) is 0.726. The average Bonchev–Trinajstić information content (AvgIpc) is 2.78. The molecule has 0 amide bonds. The predicted octanol–water partition coefficient (Wildman–Crippen LogP) is 3.79. The molecule has 0 aromatic heterocycles. The van der Waals surface area contributed by atoms with Gasteiger partial charge in [0.1, 0.15) is 11.9 Å². The van der Waals surface area contributed by atoms with E-state index in [4.69, 9.17) is 22.1 Å². The van der Waals surface area contributed by atoms with Crippen LogP contribution in [0.3, 0.4) is 0 Å². The van der Waals surface area contributed by atoms with Crippen LogP contribution in [0.4, 0.5) is 0 Å². The van der Waals surface area contributed by atoms with Crippen molar-refractivity contribution in [2.24, 2.45) is 5.73 Å². The second kappa shape index (κ2) is 4.87. The largest absolute Gasteiger partial charge is 0.490 e. The van der Waals surface area contributed by atoms with Crippen molar-refractivity contribution < 1.29 is 4.74 Å². The van der Waals surface area contributed by atoms with Crippen LogP contribution in [-0.2, 0) is 13.0 Å². The maximum Gasteiger partial charge on any atom is 0.123 e. The van der Waals surface area contributed by atoms with E-state index >= 15 is 0 Å². The zero-order chi connectivity index (χ0) is 13.4. The molecular formula is C16H16ClNO. The Bertz CT molecular complexity index is 624. The fourth-order valence-electron chi connectivity index (χ4n) is 2.51. The SMILES string of the molecule is CC1Cc2cc(-c3ccc(Cl)c(CN)c3)ccc2O1. The van der Waals surface area contributed by atoms with E-state index in [0.717, 1.165) is 28.3 Å². The number of ether oxygens (including phenoxy) is 1. The Morgan fingerprint density at radius 3 is 2.74 bits per heavy atom. The number of nitrogens with two attached hydrogens (primary N) is 1. The van der Waals surface area contributed by atoms with Crippen molar-refractivity contribution >= 4 is 11.6 Å². The first-order valence-electron chi connectivity index (χ1n) is 6.46. The van der Waals surface area contributed by atoms with Crippen LogP contribution in [0.25, 0.3) is 11.1 Å². The van der Waals surface area contributed by atoms with Gasteiger partial charge in [-0.3, -0.25) is 0 Å². The summed E-state index contributed by atoms with van der Waals surface area (Å²) in [6.07, 6.45) is 1.25. The topological polar surface area (TPSA) is 35.2 Å². The Kier molecular flexibility index (Phi) is 3.21. The molecule has 2 aromatic carbocycles. The van der Waals surface area contributed by atoms with Gasteiger partial charge < -0.3 is 10.5 Å². The fraction of sp³-hybridized carbons (Fsp3) is 0.250. The molecule has 0 aliphatic carbocycles. The Hall–Kier alpha value is -1.51. The van der Waals surface area contributed by atoms with Gasteiger partial charge in [0.25, 0.3) is 0 Å². The van der Waals surface area contributed by atoms with Gasteiger partial charge in [-0.2, -0.15) is 0 Å². The molecule has 1 heterocycles. The van der Waals surface area contributed by atoms with Crippen LogP contribution in [0.1, 0.15) is 18.1 Å². The van der Waals surface area contributed by atoms with E-state index in [1.165, 1.54) is 11.1 Å². The van der Waals surface area contributed by atoms with Gasteiger partial charge in [0, 0.05) is 18.0 Å². The smallest absolute Gasteiger partial charge is 0.123 e. The highest BCUT2D eigenvalue weighted by atomic mass is 35.5. The molecule has 19 heavy (non-hydrogen) atoms. The van der Waals surface area contributed by atoms with Crippen molar-refractivity contribution in [3.05, 3.63) is 52.5 Å². The second-order valence-electron chi connectivity index (χ2n) is 4.97. The molecule has 0 saturated heterocycles. The fourth-order valence-corrected chi connectivity index (χ4v) is 2.71. The first-order chi connectivity index (χ1) is 9.17. The summed E-state index contributed by atoms with van der Waals surface area (Å²) in [6.45, 7) is 2.55. The molecular weight excluding hydrogens is 258 g/mol. The van der Waals surface area contributed by atoms with Crippen molar-refractivity contribution in [2.75, 3.05) is 0 Å². The van der Waals surface area contributed by atoms with E-state index < -0.39 is 0 Å². The van der Waals surface area contributed by atoms with Gasteiger partial charge in [0.2, 0.25) is 0 Å². The molecule has 1 unspecified atom stereocenters. The first-order valence-corrected chi connectivity index (χ1v) is 6.83. The molecule has 3 rings (SSSR count). The molecule has 0 saturated carbocycles. The average molecular weight is 274 g/mol. The summed E-state index contributed by atoms with van der Waals surface area (Å²) in [5.41, 5.74) is 10.3. The lowest BCUT2D eigenvalue weighted by Gasteiger charge is -2.08. The Morgan fingerprint density at radius 2 is 1.95 bits per heavy atom. The highest BCUT2D eigenvalue weighted by Crippen LogP contribution is 2.33. The molecule has 0 radical (unpaired) electrons.